The second-order valence-corrected chi connectivity index (χ2v) is 9.53. The highest BCUT2D eigenvalue weighted by Crippen LogP contribution is 2.29. The monoisotopic (exact) mass is 488 g/mol. The molecule has 0 aliphatic carbocycles. The Morgan fingerprint density at radius 1 is 1.18 bits per heavy atom. The number of amides is 1. The van der Waals surface area contributed by atoms with Crippen molar-refractivity contribution < 1.29 is 18.3 Å². The predicted molar refractivity (Wildman–Crippen MR) is 134 cm³/mol. The number of anilines is 3. The molecular formula is C24H34N5O4S-. The topological polar surface area (TPSA) is 133 Å². The second-order valence-electron chi connectivity index (χ2n) is 8.58. The van der Waals surface area contributed by atoms with E-state index in [9.17, 15) is 13.6 Å². The van der Waals surface area contributed by atoms with E-state index in [1.165, 1.54) is 16.1 Å². The van der Waals surface area contributed by atoms with E-state index in [1.54, 1.807) is 6.07 Å². The van der Waals surface area contributed by atoms with Crippen LogP contribution in [-0.4, -0.2) is 56.8 Å². The fraction of sp³-hybridized carbons (Fsp3) is 0.500. The van der Waals surface area contributed by atoms with Gasteiger partial charge in [0.2, 0.25) is 0 Å². The van der Waals surface area contributed by atoms with Gasteiger partial charge in [-0.2, -0.15) is 0 Å². The molecule has 1 unspecified atom stereocenters. The Morgan fingerprint density at radius 3 is 2.47 bits per heavy atom. The molecule has 2 aromatic rings. The Labute approximate surface area is 203 Å². The quantitative estimate of drug-likeness (QED) is 0.485. The van der Waals surface area contributed by atoms with Crippen LogP contribution in [0.25, 0.3) is 0 Å². The van der Waals surface area contributed by atoms with Crippen molar-refractivity contribution in [2.75, 3.05) is 43.5 Å². The maximum atomic E-state index is 11.9. The number of ether oxygens (including phenoxy) is 1. The van der Waals surface area contributed by atoms with E-state index < -0.39 is 17.2 Å². The second kappa shape index (κ2) is 12.3. The van der Waals surface area contributed by atoms with E-state index >= 15 is 0 Å². The van der Waals surface area contributed by atoms with E-state index in [2.05, 4.69) is 27.8 Å². The minimum atomic E-state index is -2.16. The number of nitrogens with zero attached hydrogens (tertiary/aromatic N) is 2. The molecule has 4 rings (SSSR count). The van der Waals surface area contributed by atoms with Gasteiger partial charge in [-0.05, 0) is 55.2 Å². The van der Waals surface area contributed by atoms with Gasteiger partial charge in [0.05, 0.1) is 11.3 Å². The molecule has 1 atom stereocenters. The number of hydrogen-bond donors (Lipinski definition) is 3. The van der Waals surface area contributed by atoms with Crippen molar-refractivity contribution >= 4 is 34.4 Å². The summed E-state index contributed by atoms with van der Waals surface area (Å²) in [7, 11) is 0. The normalized spacial score (nSPS) is 18.6. The fourth-order valence-electron chi connectivity index (χ4n) is 4.40. The van der Waals surface area contributed by atoms with Crippen molar-refractivity contribution in [2.45, 2.75) is 39.0 Å². The minimum absolute atomic E-state index is 0. The Hall–Kier alpha value is -2.53. The average Bonchev–Trinajstić information content (AvgIpc) is 2.84. The van der Waals surface area contributed by atoms with Crippen LogP contribution in [0, 0.1) is 5.92 Å². The summed E-state index contributed by atoms with van der Waals surface area (Å²) in [6.07, 6.45) is 5.11. The summed E-state index contributed by atoms with van der Waals surface area (Å²) < 4.78 is 29.1. The van der Waals surface area contributed by atoms with Gasteiger partial charge in [0.25, 0.3) is 5.91 Å². The van der Waals surface area contributed by atoms with Gasteiger partial charge in [-0.15, -0.1) is 0 Å². The molecule has 2 aliphatic rings. The van der Waals surface area contributed by atoms with Gasteiger partial charge in [0.1, 0.15) is 5.82 Å². The van der Waals surface area contributed by atoms with Crippen LogP contribution in [0.1, 0.15) is 54.9 Å². The van der Waals surface area contributed by atoms with E-state index in [1.807, 2.05) is 12.1 Å². The van der Waals surface area contributed by atoms with Crippen LogP contribution in [0.15, 0.2) is 36.5 Å². The molecule has 186 valence electrons. The third-order valence-electron chi connectivity index (χ3n) is 6.41. The number of hydrogen-bond acceptors (Lipinski definition) is 7. The number of primary amides is 1. The smallest absolute Gasteiger partial charge is 0.252 e. The summed E-state index contributed by atoms with van der Waals surface area (Å²) in [5.41, 5.74) is 8.71. The summed E-state index contributed by atoms with van der Waals surface area (Å²) in [4.78, 5) is 16.2. The fourth-order valence-corrected chi connectivity index (χ4v) is 4.91. The Balaban J connectivity index is 0.00000324. The van der Waals surface area contributed by atoms with Crippen molar-refractivity contribution in [2.24, 2.45) is 11.7 Å². The lowest BCUT2D eigenvalue weighted by Crippen LogP contribution is -2.36. The molecule has 0 spiro atoms. The zero-order valence-corrected chi connectivity index (χ0v) is 19.3. The summed E-state index contributed by atoms with van der Waals surface area (Å²) in [6.45, 7) is 3.28. The van der Waals surface area contributed by atoms with Gasteiger partial charge in [-0.3, -0.25) is 9.00 Å². The maximum absolute atomic E-state index is 11.9. The van der Waals surface area contributed by atoms with Crippen molar-refractivity contribution in [3.05, 3.63) is 47.7 Å². The number of rotatable bonds is 8. The molecular weight excluding hydrogens is 454 g/mol. The molecule has 2 saturated heterocycles. The van der Waals surface area contributed by atoms with Crippen molar-refractivity contribution in [1.82, 2.24) is 9.29 Å². The highest BCUT2D eigenvalue weighted by Gasteiger charge is 2.20. The molecule has 0 saturated carbocycles. The van der Waals surface area contributed by atoms with Crippen LogP contribution in [0.2, 0.25) is 0 Å². The standard InChI is InChI=1S/C23H31N5O4S.CH4/c24-23(29)20-15-26-22(13-21(20)25-14-16-5-9-28(10-6-16)33(30)31)27-19-3-1-17(2-4-19)18-7-11-32-12-8-18;/h1-4,13,15-16,18H,5-12,14H2,(H2,24,29)(H,30,31)(H2,25,26,27);1H4/p-1. The lowest BCUT2D eigenvalue weighted by molar-refractivity contribution is 0.0853. The van der Waals surface area contributed by atoms with Crippen molar-refractivity contribution in [3.8, 4) is 0 Å². The zero-order valence-electron chi connectivity index (χ0n) is 18.5. The molecule has 34 heavy (non-hydrogen) atoms. The third kappa shape index (κ3) is 6.75. The van der Waals surface area contributed by atoms with Gasteiger partial charge in [0, 0.05) is 62.1 Å². The molecule has 0 radical (unpaired) electrons. The molecule has 2 fully saturated rings. The largest absolute Gasteiger partial charge is 0.760 e. The third-order valence-corrected chi connectivity index (χ3v) is 7.20. The number of nitrogens with one attached hydrogen (secondary N) is 2. The Kier molecular flexibility index (Phi) is 9.40. The molecule has 10 heteroatoms. The van der Waals surface area contributed by atoms with Gasteiger partial charge in [-0.25, -0.2) is 9.29 Å². The van der Waals surface area contributed by atoms with Crippen molar-refractivity contribution in [3.63, 3.8) is 0 Å². The Bertz CT molecular complexity index is 974. The van der Waals surface area contributed by atoms with Crippen LogP contribution >= 0.6 is 0 Å². The van der Waals surface area contributed by atoms with Gasteiger partial charge >= 0.3 is 0 Å². The first-order chi connectivity index (χ1) is 16.0. The highest BCUT2D eigenvalue weighted by atomic mass is 32.2. The maximum Gasteiger partial charge on any atom is 0.252 e. The number of nitrogens with two attached hydrogens (primary N) is 1. The SMILES string of the molecule is C.NC(=O)c1cnc(Nc2ccc(C3CCOCC3)cc2)cc1NCC1CCN(S(=O)[O-])CC1. The molecule has 1 aromatic heterocycles. The first-order valence-corrected chi connectivity index (χ1v) is 12.4. The molecule has 9 nitrogen and oxygen atoms in total. The lowest BCUT2D eigenvalue weighted by atomic mass is 9.92. The lowest BCUT2D eigenvalue weighted by Gasteiger charge is -2.32. The minimum Gasteiger partial charge on any atom is -0.760 e. The first-order valence-electron chi connectivity index (χ1n) is 11.3. The molecule has 1 aromatic carbocycles. The first kappa shape index (κ1) is 26.1. The summed E-state index contributed by atoms with van der Waals surface area (Å²) in [5.74, 6) is 0.914. The van der Waals surface area contributed by atoms with E-state index in [0.29, 0.717) is 48.5 Å². The number of benzene rings is 1. The molecule has 0 bridgehead atoms. The number of pyridine rings is 1. The zero-order chi connectivity index (χ0) is 23.2. The van der Waals surface area contributed by atoms with E-state index in [-0.39, 0.29) is 7.43 Å². The number of carbonyl (C=O) groups excluding carboxylic acids is 1. The van der Waals surface area contributed by atoms with E-state index in [0.717, 1.165) is 44.6 Å². The molecule has 3 heterocycles. The summed E-state index contributed by atoms with van der Waals surface area (Å²) >= 11 is -2.16. The number of aromatic nitrogens is 1. The van der Waals surface area contributed by atoms with Crippen LogP contribution in [-0.2, 0) is 16.0 Å². The van der Waals surface area contributed by atoms with Crippen LogP contribution in [0.5, 0.6) is 0 Å². The number of carbonyl (C=O) groups is 1. The Morgan fingerprint density at radius 2 is 1.85 bits per heavy atom. The van der Waals surface area contributed by atoms with Gasteiger partial charge in [-0.1, -0.05) is 19.6 Å². The predicted octanol–water partition coefficient (Wildman–Crippen LogP) is 3.37. The number of piperidine rings is 1. The van der Waals surface area contributed by atoms with Gasteiger partial charge < -0.3 is 25.7 Å². The van der Waals surface area contributed by atoms with Crippen LogP contribution in [0.4, 0.5) is 17.2 Å². The summed E-state index contributed by atoms with van der Waals surface area (Å²) in [6, 6.07) is 10.1. The van der Waals surface area contributed by atoms with E-state index in [4.69, 9.17) is 10.5 Å². The van der Waals surface area contributed by atoms with Crippen molar-refractivity contribution in [1.29, 1.82) is 0 Å². The summed E-state index contributed by atoms with van der Waals surface area (Å²) in [5, 5.41) is 6.62. The average molecular weight is 489 g/mol. The highest BCUT2D eigenvalue weighted by molar-refractivity contribution is 7.76. The molecule has 4 N–H and O–H groups in total. The molecule has 2 aliphatic heterocycles. The van der Waals surface area contributed by atoms with Crippen LogP contribution in [0.3, 0.4) is 0 Å². The molecule has 1 amide bonds. The van der Waals surface area contributed by atoms with Crippen LogP contribution < -0.4 is 16.4 Å². The van der Waals surface area contributed by atoms with Gasteiger partial charge in [0.15, 0.2) is 0 Å².